The summed E-state index contributed by atoms with van der Waals surface area (Å²) in [6.07, 6.45) is 0. The van der Waals surface area contributed by atoms with Gasteiger partial charge in [0.1, 0.15) is 5.75 Å². The van der Waals surface area contributed by atoms with E-state index in [4.69, 9.17) is 10.5 Å². The van der Waals surface area contributed by atoms with E-state index in [2.05, 4.69) is 20.9 Å². The van der Waals surface area contributed by atoms with Gasteiger partial charge in [0.15, 0.2) is 0 Å². The van der Waals surface area contributed by atoms with Gasteiger partial charge in [-0.1, -0.05) is 0 Å². The van der Waals surface area contributed by atoms with E-state index < -0.39 is 0 Å². The van der Waals surface area contributed by atoms with Crippen molar-refractivity contribution in [2.45, 2.75) is 6.54 Å². The topological polar surface area (TPSA) is 51.0 Å². The lowest BCUT2D eigenvalue weighted by molar-refractivity contribution is 0.413. The van der Waals surface area contributed by atoms with Gasteiger partial charge < -0.3 is 15.5 Å². The molecule has 14 heavy (non-hydrogen) atoms. The third-order valence-electron chi connectivity index (χ3n) is 2.17. The first-order chi connectivity index (χ1) is 6.74. The molecule has 0 aliphatic heterocycles. The van der Waals surface area contributed by atoms with Crippen molar-refractivity contribution >= 4 is 26.8 Å². The molecule has 1 heterocycles. The molecule has 3 nitrogen and oxygen atoms in total. The van der Waals surface area contributed by atoms with Crippen LogP contribution < -0.4 is 10.5 Å². The molecule has 2 rings (SSSR count). The summed E-state index contributed by atoms with van der Waals surface area (Å²) in [6, 6.07) is 6.02. The fourth-order valence-corrected chi connectivity index (χ4v) is 1.98. The Morgan fingerprint density at radius 1 is 1.43 bits per heavy atom. The molecule has 0 saturated carbocycles. The molecule has 74 valence electrons. The average molecular weight is 255 g/mol. The number of ether oxygens (including phenoxy) is 1. The van der Waals surface area contributed by atoms with Crippen LogP contribution in [0, 0.1) is 0 Å². The number of methoxy groups -OCH3 is 1. The second-order valence-electron chi connectivity index (χ2n) is 3.07. The highest BCUT2D eigenvalue weighted by Crippen LogP contribution is 2.30. The molecule has 3 N–H and O–H groups in total. The maximum absolute atomic E-state index is 5.55. The monoisotopic (exact) mass is 254 g/mol. The Morgan fingerprint density at radius 2 is 2.21 bits per heavy atom. The summed E-state index contributed by atoms with van der Waals surface area (Å²) in [5.41, 5.74) is 7.62. The first kappa shape index (κ1) is 9.55. The molecule has 0 bridgehead atoms. The summed E-state index contributed by atoms with van der Waals surface area (Å²) in [4.78, 5) is 3.22. The van der Waals surface area contributed by atoms with E-state index in [0.29, 0.717) is 6.54 Å². The van der Waals surface area contributed by atoms with Gasteiger partial charge in [0, 0.05) is 29.2 Å². The molecular formula is C10H11BrN2O. The van der Waals surface area contributed by atoms with Crippen molar-refractivity contribution in [1.29, 1.82) is 0 Å². The maximum atomic E-state index is 5.55. The zero-order valence-electron chi connectivity index (χ0n) is 7.80. The van der Waals surface area contributed by atoms with E-state index in [1.165, 1.54) is 0 Å². The van der Waals surface area contributed by atoms with Crippen LogP contribution in [0.5, 0.6) is 5.75 Å². The number of benzene rings is 1. The fraction of sp³-hybridized carbons (Fsp3) is 0.200. The highest BCUT2D eigenvalue weighted by Gasteiger charge is 2.05. The first-order valence-corrected chi connectivity index (χ1v) is 5.09. The number of hydrogen-bond acceptors (Lipinski definition) is 2. The van der Waals surface area contributed by atoms with Crippen molar-refractivity contribution < 1.29 is 4.74 Å². The molecular weight excluding hydrogens is 244 g/mol. The van der Waals surface area contributed by atoms with Crippen molar-refractivity contribution in [3.63, 3.8) is 0 Å². The largest absolute Gasteiger partial charge is 0.495 e. The molecule has 0 fully saturated rings. The summed E-state index contributed by atoms with van der Waals surface area (Å²) in [5.74, 6) is 0.822. The van der Waals surface area contributed by atoms with Crippen LogP contribution in [0.15, 0.2) is 22.7 Å². The van der Waals surface area contributed by atoms with Crippen LogP contribution in [0.3, 0.4) is 0 Å². The smallest absolute Gasteiger partial charge is 0.135 e. The van der Waals surface area contributed by atoms with Crippen molar-refractivity contribution in [2.24, 2.45) is 5.73 Å². The number of rotatable bonds is 2. The molecule has 0 radical (unpaired) electrons. The second kappa shape index (κ2) is 3.63. The number of aromatic nitrogens is 1. The molecule has 1 aromatic carbocycles. The van der Waals surface area contributed by atoms with Crippen LogP contribution in [0.2, 0.25) is 0 Å². The van der Waals surface area contributed by atoms with Crippen molar-refractivity contribution in [2.75, 3.05) is 7.11 Å². The lowest BCUT2D eigenvalue weighted by Crippen LogP contribution is -1.94. The number of fused-ring (bicyclic) bond motifs is 1. The Hall–Kier alpha value is -1.00. The molecule has 0 spiro atoms. The van der Waals surface area contributed by atoms with E-state index in [1.807, 2.05) is 18.2 Å². The van der Waals surface area contributed by atoms with Crippen molar-refractivity contribution in [3.8, 4) is 5.75 Å². The highest BCUT2D eigenvalue weighted by molar-refractivity contribution is 9.10. The number of nitrogens with two attached hydrogens (primary N) is 1. The molecule has 0 amide bonds. The van der Waals surface area contributed by atoms with Gasteiger partial charge in [-0.2, -0.15) is 0 Å². The van der Waals surface area contributed by atoms with E-state index in [1.54, 1.807) is 7.11 Å². The van der Waals surface area contributed by atoms with Gasteiger partial charge in [-0.15, -0.1) is 0 Å². The summed E-state index contributed by atoms with van der Waals surface area (Å²) >= 11 is 3.44. The number of H-pyrrole nitrogens is 1. The number of aromatic amines is 1. The fourth-order valence-electron chi connectivity index (χ4n) is 1.46. The Balaban J connectivity index is 2.64. The normalized spacial score (nSPS) is 10.8. The third kappa shape index (κ3) is 1.51. The van der Waals surface area contributed by atoms with E-state index >= 15 is 0 Å². The Labute approximate surface area is 90.4 Å². The molecule has 1 aromatic heterocycles. The summed E-state index contributed by atoms with van der Waals surface area (Å²) in [7, 11) is 1.65. The van der Waals surface area contributed by atoms with Gasteiger partial charge in [0.05, 0.1) is 11.6 Å². The van der Waals surface area contributed by atoms with Gasteiger partial charge in [-0.25, -0.2) is 0 Å². The van der Waals surface area contributed by atoms with Crippen LogP contribution >= 0.6 is 15.9 Å². The number of hydrogen-bond donors (Lipinski definition) is 2. The zero-order valence-corrected chi connectivity index (χ0v) is 9.39. The molecule has 0 aliphatic rings. The summed E-state index contributed by atoms with van der Waals surface area (Å²) in [6.45, 7) is 0.522. The van der Waals surface area contributed by atoms with Gasteiger partial charge in [-0.05, 0) is 28.1 Å². The quantitative estimate of drug-likeness (QED) is 0.865. The zero-order chi connectivity index (χ0) is 10.1. The Kier molecular flexibility index (Phi) is 2.48. The lowest BCUT2D eigenvalue weighted by Gasteiger charge is -2.02. The first-order valence-electron chi connectivity index (χ1n) is 4.30. The van der Waals surface area contributed by atoms with Gasteiger partial charge in [0.2, 0.25) is 0 Å². The number of nitrogens with one attached hydrogen (secondary N) is 1. The van der Waals surface area contributed by atoms with E-state index in [9.17, 15) is 0 Å². The maximum Gasteiger partial charge on any atom is 0.135 e. The van der Waals surface area contributed by atoms with Crippen LogP contribution in [0.1, 0.15) is 5.69 Å². The standard InChI is InChI=1S/C10H11BrN2O/c1-14-10-4-9-6(3-8(10)11)2-7(5-12)13-9/h2-4,13H,5,12H2,1H3. The van der Waals surface area contributed by atoms with E-state index in [-0.39, 0.29) is 0 Å². The van der Waals surface area contributed by atoms with Crippen LogP contribution in [-0.2, 0) is 6.54 Å². The van der Waals surface area contributed by atoms with Crippen LogP contribution in [-0.4, -0.2) is 12.1 Å². The second-order valence-corrected chi connectivity index (χ2v) is 3.93. The minimum atomic E-state index is 0.522. The Bertz CT molecular complexity index is 464. The van der Waals surface area contributed by atoms with Crippen molar-refractivity contribution in [3.05, 3.63) is 28.4 Å². The number of halogens is 1. The minimum Gasteiger partial charge on any atom is -0.495 e. The van der Waals surface area contributed by atoms with Gasteiger partial charge in [-0.3, -0.25) is 0 Å². The molecule has 4 heteroatoms. The third-order valence-corrected chi connectivity index (χ3v) is 2.79. The molecule has 0 saturated heterocycles. The van der Waals surface area contributed by atoms with Gasteiger partial charge in [0.25, 0.3) is 0 Å². The molecule has 0 unspecified atom stereocenters. The SMILES string of the molecule is COc1cc2[nH]c(CN)cc2cc1Br. The predicted octanol–water partition coefficient (Wildman–Crippen LogP) is 2.40. The van der Waals surface area contributed by atoms with Crippen LogP contribution in [0.4, 0.5) is 0 Å². The van der Waals surface area contributed by atoms with Crippen molar-refractivity contribution in [1.82, 2.24) is 4.98 Å². The summed E-state index contributed by atoms with van der Waals surface area (Å²) < 4.78 is 6.15. The molecule has 2 aromatic rings. The average Bonchev–Trinajstić information content (AvgIpc) is 2.58. The lowest BCUT2D eigenvalue weighted by atomic mass is 10.2. The van der Waals surface area contributed by atoms with Gasteiger partial charge >= 0.3 is 0 Å². The molecule has 0 aliphatic carbocycles. The minimum absolute atomic E-state index is 0.522. The van der Waals surface area contributed by atoms with E-state index in [0.717, 1.165) is 26.8 Å². The Morgan fingerprint density at radius 3 is 2.86 bits per heavy atom. The summed E-state index contributed by atoms with van der Waals surface area (Å²) in [5, 5.41) is 1.14. The molecule has 0 atom stereocenters. The predicted molar refractivity (Wildman–Crippen MR) is 60.4 cm³/mol. The van der Waals surface area contributed by atoms with Crippen LogP contribution in [0.25, 0.3) is 10.9 Å². The highest BCUT2D eigenvalue weighted by atomic mass is 79.9.